The van der Waals surface area contributed by atoms with Crippen LogP contribution in [0, 0.1) is 0 Å². The van der Waals surface area contributed by atoms with Gasteiger partial charge in [0, 0.05) is 32.9 Å². The van der Waals surface area contributed by atoms with E-state index >= 15 is 0 Å². The number of aromatic nitrogens is 2. The van der Waals surface area contributed by atoms with Gasteiger partial charge in [-0.3, -0.25) is 0 Å². The Kier molecular flexibility index (Phi) is 4.75. The molecule has 204 valence electrons. The summed E-state index contributed by atoms with van der Waals surface area (Å²) < 4.78 is 4.85. The first-order valence-electron chi connectivity index (χ1n) is 15.2. The van der Waals surface area contributed by atoms with Gasteiger partial charge in [-0.05, 0) is 80.8 Å². The van der Waals surface area contributed by atoms with Crippen molar-refractivity contribution in [3.8, 4) is 11.4 Å². The fourth-order valence-corrected chi connectivity index (χ4v) is 7.61. The van der Waals surface area contributed by atoms with Crippen molar-refractivity contribution in [2.75, 3.05) is 0 Å². The minimum absolute atomic E-state index is 1.18. The van der Waals surface area contributed by atoms with Crippen LogP contribution in [0.1, 0.15) is 0 Å². The summed E-state index contributed by atoms with van der Waals surface area (Å²) >= 11 is 0. The van der Waals surface area contributed by atoms with Gasteiger partial charge in [0.15, 0.2) is 0 Å². The van der Waals surface area contributed by atoms with Gasteiger partial charge in [-0.2, -0.15) is 0 Å². The Hall–Kier alpha value is -5.86. The monoisotopic (exact) mass is 558 g/mol. The summed E-state index contributed by atoms with van der Waals surface area (Å²) in [5, 5.41) is 12.9. The van der Waals surface area contributed by atoms with Crippen LogP contribution >= 0.6 is 0 Å². The third-order valence-electron chi connectivity index (χ3n) is 9.47. The topological polar surface area (TPSA) is 9.86 Å². The lowest BCUT2D eigenvalue weighted by Crippen LogP contribution is -1.95. The van der Waals surface area contributed by atoms with E-state index in [1.54, 1.807) is 0 Å². The van der Waals surface area contributed by atoms with Crippen LogP contribution in [-0.4, -0.2) is 9.13 Å². The molecule has 8 aromatic carbocycles. The zero-order chi connectivity index (χ0) is 28.8. The van der Waals surface area contributed by atoms with Crippen LogP contribution in [0.3, 0.4) is 0 Å². The zero-order valence-electron chi connectivity index (χ0n) is 23.9. The molecule has 0 aliphatic heterocycles. The summed E-state index contributed by atoms with van der Waals surface area (Å²) in [4.78, 5) is 0. The Morgan fingerprint density at radius 3 is 1.45 bits per heavy atom. The van der Waals surface area contributed by atoms with E-state index < -0.39 is 0 Å². The highest BCUT2D eigenvalue weighted by atomic mass is 15.0. The predicted octanol–water partition coefficient (Wildman–Crippen LogP) is 11.3. The van der Waals surface area contributed by atoms with Crippen molar-refractivity contribution in [1.29, 1.82) is 0 Å². The van der Waals surface area contributed by atoms with Crippen molar-refractivity contribution < 1.29 is 0 Å². The smallest absolute Gasteiger partial charge is 0.0548 e. The van der Waals surface area contributed by atoms with Crippen LogP contribution in [0.2, 0.25) is 0 Å². The van der Waals surface area contributed by atoms with Crippen molar-refractivity contribution >= 4 is 75.9 Å². The van der Waals surface area contributed by atoms with Crippen LogP contribution in [0.5, 0.6) is 0 Å². The van der Waals surface area contributed by atoms with Gasteiger partial charge in [0.2, 0.25) is 0 Å². The van der Waals surface area contributed by atoms with E-state index in [9.17, 15) is 0 Å². The molecule has 44 heavy (non-hydrogen) atoms. The maximum absolute atomic E-state index is 2.45. The average Bonchev–Trinajstić information content (AvgIpc) is 3.61. The zero-order valence-corrected chi connectivity index (χ0v) is 23.9. The quantitative estimate of drug-likeness (QED) is 0.187. The van der Waals surface area contributed by atoms with Gasteiger partial charge in [-0.25, -0.2) is 0 Å². The molecule has 0 amide bonds. The Balaban J connectivity index is 1.29. The molecule has 0 aliphatic rings. The first-order chi connectivity index (χ1) is 21.8. The molecule has 0 aliphatic carbocycles. The molecule has 0 N–H and O–H groups in total. The van der Waals surface area contributed by atoms with Crippen LogP contribution in [0.15, 0.2) is 158 Å². The minimum atomic E-state index is 1.18. The molecule has 0 saturated heterocycles. The number of benzene rings is 8. The van der Waals surface area contributed by atoms with Crippen molar-refractivity contribution in [3.05, 3.63) is 158 Å². The number of fused-ring (bicyclic) bond motifs is 12. The molecule has 10 rings (SSSR count). The molecule has 2 nitrogen and oxygen atoms in total. The Labute approximate surface area is 253 Å². The summed E-state index contributed by atoms with van der Waals surface area (Å²) in [6, 6.07) is 57.7. The molecule has 0 radical (unpaired) electrons. The maximum atomic E-state index is 2.45. The Morgan fingerprint density at radius 1 is 0.273 bits per heavy atom. The highest BCUT2D eigenvalue weighted by Gasteiger charge is 2.20. The van der Waals surface area contributed by atoms with E-state index in [-0.39, 0.29) is 0 Å². The maximum Gasteiger partial charge on any atom is 0.0548 e. The molecule has 0 atom stereocenters. The summed E-state index contributed by atoms with van der Waals surface area (Å²) in [7, 11) is 0. The molecule has 2 heteroatoms. The van der Waals surface area contributed by atoms with Crippen LogP contribution in [0.25, 0.3) is 87.3 Å². The predicted molar refractivity (Wildman–Crippen MR) is 188 cm³/mol. The second-order valence-corrected chi connectivity index (χ2v) is 11.7. The van der Waals surface area contributed by atoms with Gasteiger partial charge >= 0.3 is 0 Å². The average molecular weight is 559 g/mol. The largest absolute Gasteiger partial charge is 0.309 e. The fourth-order valence-electron chi connectivity index (χ4n) is 7.61. The van der Waals surface area contributed by atoms with Crippen molar-refractivity contribution in [3.63, 3.8) is 0 Å². The summed E-state index contributed by atoms with van der Waals surface area (Å²) in [6.45, 7) is 0. The van der Waals surface area contributed by atoms with E-state index in [1.807, 2.05) is 0 Å². The Morgan fingerprint density at radius 2 is 0.773 bits per heavy atom. The van der Waals surface area contributed by atoms with Crippen LogP contribution in [-0.2, 0) is 0 Å². The molecule has 0 saturated carbocycles. The fraction of sp³-hybridized carbons (Fsp3) is 0. The van der Waals surface area contributed by atoms with E-state index in [4.69, 9.17) is 0 Å². The van der Waals surface area contributed by atoms with E-state index in [2.05, 4.69) is 167 Å². The minimum Gasteiger partial charge on any atom is -0.309 e. The molecule has 0 bridgehead atoms. The molecule has 0 spiro atoms. The number of rotatable bonds is 2. The van der Waals surface area contributed by atoms with E-state index in [0.29, 0.717) is 0 Å². The van der Waals surface area contributed by atoms with Crippen molar-refractivity contribution in [2.45, 2.75) is 0 Å². The SMILES string of the molecule is c1ccc(-n2c3ccccc3c3c4c5ccccc5n(-c5ccc6c(ccc7c8ccccc8ccc67)c5)c4ccc32)cc1. The van der Waals surface area contributed by atoms with E-state index in [1.165, 1.54) is 87.3 Å². The van der Waals surface area contributed by atoms with Crippen LogP contribution in [0.4, 0.5) is 0 Å². The molecule has 2 aromatic heterocycles. The lowest BCUT2D eigenvalue weighted by atomic mass is 9.97. The van der Waals surface area contributed by atoms with E-state index in [0.717, 1.165) is 0 Å². The second-order valence-electron chi connectivity index (χ2n) is 11.7. The third-order valence-corrected chi connectivity index (χ3v) is 9.47. The van der Waals surface area contributed by atoms with Gasteiger partial charge in [-0.1, -0.05) is 109 Å². The molecule has 10 aromatic rings. The molecule has 0 fully saturated rings. The normalized spacial score (nSPS) is 12.1. The van der Waals surface area contributed by atoms with Gasteiger partial charge in [0.25, 0.3) is 0 Å². The number of hydrogen-bond acceptors (Lipinski definition) is 0. The number of para-hydroxylation sites is 3. The summed E-state index contributed by atoms with van der Waals surface area (Å²) in [5.41, 5.74) is 7.25. The summed E-state index contributed by atoms with van der Waals surface area (Å²) in [6.07, 6.45) is 0. The van der Waals surface area contributed by atoms with Crippen molar-refractivity contribution in [2.24, 2.45) is 0 Å². The van der Waals surface area contributed by atoms with Gasteiger partial charge in [0.05, 0.1) is 22.1 Å². The molecular formula is C42H26N2. The highest BCUT2D eigenvalue weighted by molar-refractivity contribution is 6.29. The lowest BCUT2D eigenvalue weighted by molar-refractivity contribution is 1.17. The lowest BCUT2D eigenvalue weighted by Gasteiger charge is -2.12. The first-order valence-corrected chi connectivity index (χ1v) is 15.2. The standard InChI is InChI=1S/C42H26N2/c1-2-11-29(12-3-1)43-37-16-8-6-14-35(37)41-39(43)24-25-40-42(41)36-15-7-9-17-38(36)44(40)30-20-23-32-28(26-30)19-22-33-31-13-5-4-10-27(31)18-21-34(32)33/h1-26H. The van der Waals surface area contributed by atoms with Gasteiger partial charge in [0.1, 0.15) is 0 Å². The highest BCUT2D eigenvalue weighted by Crippen LogP contribution is 2.42. The van der Waals surface area contributed by atoms with Crippen LogP contribution < -0.4 is 0 Å². The first kappa shape index (κ1) is 23.7. The Bertz CT molecular complexity index is 2760. The third kappa shape index (κ3) is 3.14. The molecule has 0 unspecified atom stereocenters. The second kappa shape index (κ2) is 8.82. The summed E-state index contributed by atoms with van der Waals surface area (Å²) in [5.74, 6) is 0. The van der Waals surface area contributed by atoms with Crippen molar-refractivity contribution in [1.82, 2.24) is 9.13 Å². The van der Waals surface area contributed by atoms with Gasteiger partial charge in [-0.15, -0.1) is 0 Å². The number of hydrogen-bond donors (Lipinski definition) is 0. The van der Waals surface area contributed by atoms with Gasteiger partial charge < -0.3 is 9.13 Å². The molecule has 2 heterocycles. The number of nitrogens with zero attached hydrogens (tertiary/aromatic N) is 2. The molecular weight excluding hydrogens is 532 g/mol.